The average molecular weight is 242 g/mol. The van der Waals surface area contributed by atoms with Crippen LogP contribution in [-0.4, -0.2) is 14.6 Å². The van der Waals surface area contributed by atoms with E-state index in [4.69, 9.17) is 5.73 Å². The molecule has 2 aromatic heterocycles. The van der Waals surface area contributed by atoms with Crippen molar-refractivity contribution in [2.24, 2.45) is 0 Å². The van der Waals surface area contributed by atoms with Gasteiger partial charge in [0.2, 0.25) is 0 Å². The molecule has 0 atom stereocenters. The van der Waals surface area contributed by atoms with Crippen LogP contribution in [0.4, 0.5) is 10.1 Å². The van der Waals surface area contributed by atoms with Crippen LogP contribution >= 0.6 is 0 Å². The maximum Gasteiger partial charge on any atom is 0.156 e. The van der Waals surface area contributed by atoms with Crippen molar-refractivity contribution in [2.45, 2.75) is 6.92 Å². The Labute approximate surface area is 103 Å². The zero-order chi connectivity index (χ0) is 12.7. The maximum atomic E-state index is 13.0. The van der Waals surface area contributed by atoms with Crippen LogP contribution in [0, 0.1) is 12.7 Å². The third-order valence-electron chi connectivity index (χ3n) is 2.75. The quantitative estimate of drug-likeness (QED) is 0.713. The molecule has 3 aromatic rings. The van der Waals surface area contributed by atoms with Gasteiger partial charge in [-0.15, -0.1) is 0 Å². The van der Waals surface area contributed by atoms with Crippen LogP contribution in [-0.2, 0) is 0 Å². The Hall–Kier alpha value is -2.43. The van der Waals surface area contributed by atoms with E-state index in [1.807, 2.05) is 13.0 Å². The van der Waals surface area contributed by atoms with Crippen molar-refractivity contribution in [3.8, 4) is 11.3 Å². The molecule has 18 heavy (non-hydrogen) atoms. The molecule has 0 spiro atoms. The molecule has 0 aliphatic heterocycles. The van der Waals surface area contributed by atoms with E-state index in [-0.39, 0.29) is 5.82 Å². The Morgan fingerprint density at radius 1 is 1.22 bits per heavy atom. The van der Waals surface area contributed by atoms with Gasteiger partial charge in [0.25, 0.3) is 0 Å². The molecule has 90 valence electrons. The van der Waals surface area contributed by atoms with Crippen molar-refractivity contribution >= 4 is 11.3 Å². The van der Waals surface area contributed by atoms with Crippen LogP contribution in [0.2, 0.25) is 0 Å². The Morgan fingerprint density at radius 2 is 1.94 bits per heavy atom. The monoisotopic (exact) mass is 242 g/mol. The second-order valence-corrected chi connectivity index (χ2v) is 4.12. The number of aryl methyl sites for hydroxylation is 1. The minimum atomic E-state index is -0.278. The largest absolute Gasteiger partial charge is 0.396 e. The van der Waals surface area contributed by atoms with Gasteiger partial charge in [0.1, 0.15) is 5.82 Å². The van der Waals surface area contributed by atoms with Crippen LogP contribution in [0.3, 0.4) is 0 Å². The average Bonchev–Trinajstić information content (AvgIpc) is 2.71. The molecule has 2 N–H and O–H groups in total. The van der Waals surface area contributed by atoms with Gasteiger partial charge < -0.3 is 5.73 Å². The number of rotatable bonds is 1. The molecule has 0 aliphatic carbocycles. The third-order valence-corrected chi connectivity index (χ3v) is 2.75. The van der Waals surface area contributed by atoms with Crippen molar-refractivity contribution in [2.75, 3.05) is 5.73 Å². The Morgan fingerprint density at radius 3 is 2.67 bits per heavy atom. The van der Waals surface area contributed by atoms with E-state index in [2.05, 4.69) is 10.1 Å². The fourth-order valence-corrected chi connectivity index (χ4v) is 1.96. The van der Waals surface area contributed by atoms with Crippen LogP contribution in [0.1, 0.15) is 5.69 Å². The first kappa shape index (κ1) is 10.7. The molecule has 0 unspecified atom stereocenters. The highest BCUT2D eigenvalue weighted by molar-refractivity contribution is 5.74. The summed E-state index contributed by atoms with van der Waals surface area (Å²) in [5.74, 6) is -0.278. The van der Waals surface area contributed by atoms with Gasteiger partial charge in [0.15, 0.2) is 5.65 Å². The molecule has 0 saturated carbocycles. The van der Waals surface area contributed by atoms with Crippen LogP contribution in [0.25, 0.3) is 16.9 Å². The number of hydrogen-bond donors (Lipinski definition) is 1. The number of hydrogen-bond acceptors (Lipinski definition) is 3. The van der Waals surface area contributed by atoms with Crippen molar-refractivity contribution in [1.29, 1.82) is 0 Å². The van der Waals surface area contributed by atoms with Gasteiger partial charge in [-0.25, -0.2) is 13.9 Å². The highest BCUT2D eigenvalue weighted by atomic mass is 19.1. The number of halogens is 1. The first-order valence-corrected chi connectivity index (χ1v) is 5.52. The van der Waals surface area contributed by atoms with Crippen molar-refractivity contribution in [1.82, 2.24) is 14.6 Å². The lowest BCUT2D eigenvalue weighted by atomic mass is 10.1. The highest BCUT2D eigenvalue weighted by Gasteiger charge is 2.10. The van der Waals surface area contributed by atoms with E-state index in [0.29, 0.717) is 5.69 Å². The van der Waals surface area contributed by atoms with Crippen LogP contribution in [0.15, 0.2) is 36.5 Å². The maximum absolute atomic E-state index is 13.0. The predicted molar refractivity (Wildman–Crippen MR) is 67.5 cm³/mol. The van der Waals surface area contributed by atoms with Gasteiger partial charge in [0, 0.05) is 11.6 Å². The lowest BCUT2D eigenvalue weighted by molar-refractivity contribution is 0.628. The fraction of sp³-hybridized carbons (Fsp3) is 0.0769. The van der Waals surface area contributed by atoms with E-state index in [0.717, 1.165) is 22.6 Å². The summed E-state index contributed by atoms with van der Waals surface area (Å²) >= 11 is 0. The lowest BCUT2D eigenvalue weighted by Gasteiger charge is -2.07. The van der Waals surface area contributed by atoms with Crippen molar-refractivity contribution in [3.05, 3.63) is 48.0 Å². The van der Waals surface area contributed by atoms with Crippen molar-refractivity contribution in [3.63, 3.8) is 0 Å². The Balaban J connectivity index is 2.32. The summed E-state index contributed by atoms with van der Waals surface area (Å²) in [7, 11) is 0. The number of nitrogen functional groups attached to an aromatic ring is 1. The normalized spacial score (nSPS) is 11.0. The second-order valence-electron chi connectivity index (χ2n) is 4.12. The summed E-state index contributed by atoms with van der Waals surface area (Å²) in [6.07, 6.45) is 1.59. The molecule has 0 saturated heterocycles. The Kier molecular flexibility index (Phi) is 2.26. The summed E-state index contributed by atoms with van der Waals surface area (Å²) < 4.78 is 14.6. The summed E-state index contributed by atoms with van der Waals surface area (Å²) in [5, 5.41) is 4.35. The number of anilines is 1. The Bertz CT molecular complexity index is 716. The van der Waals surface area contributed by atoms with E-state index in [1.165, 1.54) is 12.1 Å². The number of benzene rings is 1. The summed E-state index contributed by atoms with van der Waals surface area (Å²) in [5.41, 5.74) is 9.58. The van der Waals surface area contributed by atoms with E-state index in [9.17, 15) is 4.39 Å². The molecule has 0 amide bonds. The predicted octanol–water partition coefficient (Wildman–Crippen LogP) is 2.43. The smallest absolute Gasteiger partial charge is 0.156 e. The molecular weight excluding hydrogens is 231 g/mol. The molecule has 0 aliphatic rings. The number of aromatic nitrogens is 3. The number of fused-ring (bicyclic) bond motifs is 1. The molecule has 0 radical (unpaired) electrons. The first-order valence-electron chi connectivity index (χ1n) is 5.52. The fourth-order valence-electron chi connectivity index (χ4n) is 1.96. The van der Waals surface area contributed by atoms with Crippen molar-refractivity contribution < 1.29 is 4.39 Å². The molecule has 4 nitrogen and oxygen atoms in total. The molecule has 2 heterocycles. The molecule has 0 fully saturated rings. The topological polar surface area (TPSA) is 56.2 Å². The second kappa shape index (κ2) is 3.80. The zero-order valence-electron chi connectivity index (χ0n) is 9.76. The summed E-state index contributed by atoms with van der Waals surface area (Å²) in [6.45, 7) is 1.89. The summed E-state index contributed by atoms with van der Waals surface area (Å²) in [6, 6.07) is 8.02. The van der Waals surface area contributed by atoms with Gasteiger partial charge >= 0.3 is 0 Å². The summed E-state index contributed by atoms with van der Waals surface area (Å²) in [4.78, 5) is 4.21. The molecular formula is C13H11FN4. The highest BCUT2D eigenvalue weighted by Crippen LogP contribution is 2.26. The van der Waals surface area contributed by atoms with E-state index >= 15 is 0 Å². The van der Waals surface area contributed by atoms with Crippen LogP contribution in [0.5, 0.6) is 0 Å². The minimum Gasteiger partial charge on any atom is -0.396 e. The first-order chi connectivity index (χ1) is 8.65. The zero-order valence-corrected chi connectivity index (χ0v) is 9.76. The SMILES string of the molecule is Cc1cc2ncc(N)c(-c3ccc(F)cc3)n2n1. The van der Waals surface area contributed by atoms with E-state index < -0.39 is 0 Å². The van der Waals surface area contributed by atoms with Gasteiger partial charge in [0.05, 0.1) is 23.3 Å². The molecule has 3 rings (SSSR count). The third kappa shape index (κ3) is 1.60. The molecule has 0 bridgehead atoms. The molecule has 5 heteroatoms. The standard InChI is InChI=1S/C13H11FN4/c1-8-6-12-16-7-11(15)13(18(12)17-8)9-2-4-10(14)5-3-9/h2-7H,15H2,1H3. The molecule has 1 aromatic carbocycles. The van der Waals surface area contributed by atoms with Gasteiger partial charge in [-0.2, -0.15) is 5.10 Å². The number of nitrogens with zero attached hydrogens (tertiary/aromatic N) is 3. The van der Waals surface area contributed by atoms with Gasteiger partial charge in [-0.3, -0.25) is 0 Å². The van der Waals surface area contributed by atoms with Gasteiger partial charge in [-0.1, -0.05) is 0 Å². The number of nitrogens with two attached hydrogens (primary N) is 1. The van der Waals surface area contributed by atoms with Gasteiger partial charge in [-0.05, 0) is 31.2 Å². The van der Waals surface area contributed by atoms with E-state index in [1.54, 1.807) is 22.8 Å². The van der Waals surface area contributed by atoms with Crippen LogP contribution < -0.4 is 5.73 Å². The lowest BCUT2D eigenvalue weighted by Crippen LogP contribution is -2.01. The minimum absolute atomic E-state index is 0.278.